The Kier molecular flexibility index (Phi) is 3.30. The van der Waals surface area contributed by atoms with Crippen LogP contribution in [0.25, 0.3) is 0 Å². The Labute approximate surface area is 104 Å². The molecule has 1 aromatic carbocycles. The summed E-state index contributed by atoms with van der Waals surface area (Å²) >= 11 is 0. The molecule has 1 heterocycles. The van der Waals surface area contributed by atoms with Gasteiger partial charge < -0.3 is 0 Å². The maximum absolute atomic E-state index is 12.2. The van der Waals surface area contributed by atoms with Crippen LogP contribution in [0.1, 0.15) is 6.42 Å². The summed E-state index contributed by atoms with van der Waals surface area (Å²) in [4.78, 5) is 15.2. The van der Waals surface area contributed by atoms with Crippen molar-refractivity contribution < 1.29 is 13.2 Å². The number of hydrazine groups is 1. The fourth-order valence-corrected chi connectivity index (χ4v) is 2.95. The fourth-order valence-electron chi connectivity index (χ4n) is 1.56. The lowest BCUT2D eigenvalue weighted by Crippen LogP contribution is -2.37. The zero-order chi connectivity index (χ0) is 13.2. The minimum Gasteiger partial charge on any atom is -0.294 e. The van der Waals surface area contributed by atoms with Gasteiger partial charge in [0.05, 0.1) is 5.69 Å². The van der Waals surface area contributed by atoms with Crippen molar-refractivity contribution in [2.45, 2.75) is 11.3 Å². The van der Waals surface area contributed by atoms with Gasteiger partial charge in [-0.25, -0.2) is 19.3 Å². The number of fused-ring (bicyclic) bond motifs is 1. The summed E-state index contributed by atoms with van der Waals surface area (Å²) in [5.74, 6) is 4.50. The first-order chi connectivity index (χ1) is 8.55. The third-order valence-electron chi connectivity index (χ3n) is 2.50. The smallest absolute Gasteiger partial charge is 0.267 e. The van der Waals surface area contributed by atoms with Crippen molar-refractivity contribution in [3.8, 4) is 0 Å². The van der Waals surface area contributed by atoms with Gasteiger partial charge in [-0.1, -0.05) is 12.1 Å². The minimum absolute atomic E-state index is 0.00318. The molecule has 0 saturated heterocycles. The first-order valence-electron chi connectivity index (χ1n) is 5.20. The Morgan fingerprint density at radius 3 is 2.83 bits per heavy atom. The van der Waals surface area contributed by atoms with Crippen LogP contribution in [-0.2, 0) is 14.8 Å². The van der Waals surface area contributed by atoms with E-state index < -0.39 is 15.9 Å². The van der Waals surface area contributed by atoms with Crippen molar-refractivity contribution in [2.75, 3.05) is 6.54 Å². The van der Waals surface area contributed by atoms with Crippen molar-refractivity contribution in [3.05, 3.63) is 24.3 Å². The number of aliphatic imine (C=N–C) groups is 1. The number of hydrogen-bond donors (Lipinski definition) is 2. The predicted molar refractivity (Wildman–Crippen MR) is 65.4 cm³/mol. The van der Waals surface area contributed by atoms with Crippen molar-refractivity contribution in [3.63, 3.8) is 0 Å². The summed E-state index contributed by atoms with van der Waals surface area (Å²) in [6, 6.07) is 6.44. The number of carbonyl (C=O) groups excluding carboxylic acids is 1. The first kappa shape index (κ1) is 12.5. The number of benzene rings is 1. The molecule has 0 atom stereocenters. The third-order valence-corrected chi connectivity index (χ3v) is 4.29. The van der Waals surface area contributed by atoms with Gasteiger partial charge in [0.15, 0.2) is 0 Å². The molecular weight excluding hydrogens is 256 g/mol. The lowest BCUT2D eigenvalue weighted by Gasteiger charge is -2.23. The molecule has 3 N–H and O–H groups in total. The highest BCUT2D eigenvalue weighted by atomic mass is 32.2. The fraction of sp³-hybridized carbons (Fsp3) is 0.200. The molecule has 18 heavy (non-hydrogen) atoms. The van der Waals surface area contributed by atoms with E-state index in [1.807, 2.05) is 5.43 Å². The molecule has 0 bridgehead atoms. The van der Waals surface area contributed by atoms with Gasteiger partial charge in [0.25, 0.3) is 10.0 Å². The molecule has 96 valence electrons. The van der Waals surface area contributed by atoms with Gasteiger partial charge in [-0.2, -0.15) is 0 Å². The molecule has 1 aliphatic heterocycles. The van der Waals surface area contributed by atoms with Crippen LogP contribution in [0.4, 0.5) is 5.69 Å². The number of sulfonamides is 1. The van der Waals surface area contributed by atoms with E-state index in [2.05, 4.69) is 4.99 Å². The highest BCUT2D eigenvalue weighted by molar-refractivity contribution is 7.89. The predicted octanol–water partition coefficient (Wildman–Crippen LogP) is -0.269. The summed E-state index contributed by atoms with van der Waals surface area (Å²) in [5, 5.41) is 0. The zero-order valence-electron chi connectivity index (χ0n) is 9.41. The molecule has 0 unspecified atom stereocenters. The van der Waals surface area contributed by atoms with Gasteiger partial charge in [0.1, 0.15) is 11.2 Å². The Balaban J connectivity index is 2.25. The van der Waals surface area contributed by atoms with Gasteiger partial charge in [-0.3, -0.25) is 14.5 Å². The standard InChI is InChI=1S/C10H12N4O3S/c11-13-10(15)5-6-14-7-12-8-3-1-2-4-9(8)18(14,16)17/h1-4,7H,5-6,11H2,(H,13,15). The van der Waals surface area contributed by atoms with Crippen molar-refractivity contribution >= 4 is 28.0 Å². The second-order valence-corrected chi connectivity index (χ2v) is 5.50. The summed E-state index contributed by atoms with van der Waals surface area (Å²) in [6.45, 7) is 0.00318. The van der Waals surface area contributed by atoms with Crippen LogP contribution in [0.2, 0.25) is 0 Å². The van der Waals surface area contributed by atoms with Crippen LogP contribution in [0, 0.1) is 0 Å². The quantitative estimate of drug-likeness (QED) is 0.447. The maximum Gasteiger partial charge on any atom is 0.267 e. The molecule has 0 radical (unpaired) electrons. The number of para-hydroxylation sites is 1. The molecule has 7 nitrogen and oxygen atoms in total. The summed E-state index contributed by atoms with van der Waals surface area (Å²) < 4.78 is 25.4. The lowest BCUT2D eigenvalue weighted by atomic mass is 10.3. The van der Waals surface area contributed by atoms with Crippen molar-refractivity contribution in [2.24, 2.45) is 10.8 Å². The molecule has 1 aromatic rings. The highest BCUT2D eigenvalue weighted by Crippen LogP contribution is 2.29. The van der Waals surface area contributed by atoms with E-state index in [0.29, 0.717) is 5.69 Å². The van der Waals surface area contributed by atoms with Gasteiger partial charge in [0, 0.05) is 13.0 Å². The van der Waals surface area contributed by atoms with Gasteiger partial charge in [-0.05, 0) is 12.1 Å². The molecule has 2 rings (SSSR count). The van der Waals surface area contributed by atoms with Gasteiger partial charge in [0.2, 0.25) is 5.91 Å². The largest absolute Gasteiger partial charge is 0.294 e. The molecule has 0 saturated carbocycles. The highest BCUT2D eigenvalue weighted by Gasteiger charge is 2.28. The van der Waals surface area contributed by atoms with E-state index in [4.69, 9.17) is 5.84 Å². The molecule has 1 amide bonds. The maximum atomic E-state index is 12.2. The third kappa shape index (κ3) is 2.20. The Hall–Kier alpha value is -1.93. The monoisotopic (exact) mass is 268 g/mol. The van der Waals surface area contributed by atoms with Crippen LogP contribution >= 0.6 is 0 Å². The Morgan fingerprint density at radius 1 is 1.39 bits per heavy atom. The number of carbonyl (C=O) groups is 1. The molecule has 0 spiro atoms. The zero-order valence-corrected chi connectivity index (χ0v) is 10.2. The number of amides is 1. The number of nitrogens with zero attached hydrogens (tertiary/aromatic N) is 2. The molecule has 0 fully saturated rings. The van der Waals surface area contributed by atoms with Crippen molar-refractivity contribution in [1.29, 1.82) is 0 Å². The average molecular weight is 268 g/mol. The SMILES string of the molecule is NNC(=O)CCN1C=Nc2ccccc2S1(=O)=O. The van der Waals surface area contributed by atoms with E-state index >= 15 is 0 Å². The van der Waals surface area contributed by atoms with E-state index in [1.54, 1.807) is 18.2 Å². The van der Waals surface area contributed by atoms with Gasteiger partial charge >= 0.3 is 0 Å². The number of nitrogens with two attached hydrogens (primary N) is 1. The van der Waals surface area contributed by atoms with Gasteiger partial charge in [-0.15, -0.1) is 0 Å². The number of rotatable bonds is 3. The van der Waals surface area contributed by atoms with E-state index in [9.17, 15) is 13.2 Å². The molecule has 0 aliphatic carbocycles. The van der Waals surface area contributed by atoms with Crippen LogP contribution < -0.4 is 11.3 Å². The average Bonchev–Trinajstić information content (AvgIpc) is 2.37. The molecule has 0 aromatic heterocycles. The molecule has 8 heteroatoms. The van der Waals surface area contributed by atoms with Crippen LogP contribution in [0.5, 0.6) is 0 Å². The van der Waals surface area contributed by atoms with E-state index in [1.165, 1.54) is 12.4 Å². The summed E-state index contributed by atoms with van der Waals surface area (Å²) in [5.41, 5.74) is 2.35. The summed E-state index contributed by atoms with van der Waals surface area (Å²) in [7, 11) is -3.62. The Morgan fingerprint density at radius 2 is 2.11 bits per heavy atom. The lowest BCUT2D eigenvalue weighted by molar-refractivity contribution is -0.121. The normalized spacial score (nSPS) is 16.2. The summed E-state index contributed by atoms with van der Waals surface area (Å²) in [6.07, 6.45) is 1.19. The molecular formula is C10H12N4O3S. The topological polar surface area (TPSA) is 105 Å². The first-order valence-corrected chi connectivity index (χ1v) is 6.64. The minimum atomic E-state index is -3.62. The Bertz CT molecular complexity index is 597. The second kappa shape index (κ2) is 4.75. The second-order valence-electron chi connectivity index (χ2n) is 3.65. The number of nitrogens with one attached hydrogen (secondary N) is 1. The van der Waals surface area contributed by atoms with Crippen molar-refractivity contribution in [1.82, 2.24) is 9.73 Å². The van der Waals surface area contributed by atoms with Crippen LogP contribution in [0.3, 0.4) is 0 Å². The van der Waals surface area contributed by atoms with E-state index in [-0.39, 0.29) is 17.9 Å². The van der Waals surface area contributed by atoms with Crippen LogP contribution in [-0.4, -0.2) is 31.5 Å². The van der Waals surface area contributed by atoms with Crippen LogP contribution in [0.15, 0.2) is 34.2 Å². The molecule has 1 aliphatic rings. The number of hydrogen-bond acceptors (Lipinski definition) is 5. The van der Waals surface area contributed by atoms with E-state index in [0.717, 1.165) is 4.31 Å².